The van der Waals surface area contributed by atoms with Gasteiger partial charge in [0, 0.05) is 19.6 Å². The summed E-state index contributed by atoms with van der Waals surface area (Å²) < 4.78 is 36.7. The lowest BCUT2D eigenvalue weighted by molar-refractivity contribution is 0.0722. The van der Waals surface area contributed by atoms with Crippen LogP contribution in [0.15, 0.2) is 45.9 Å². The number of rotatable bonds is 5. The predicted molar refractivity (Wildman–Crippen MR) is 90.6 cm³/mol. The van der Waals surface area contributed by atoms with E-state index in [1.54, 1.807) is 0 Å². The summed E-state index contributed by atoms with van der Waals surface area (Å²) in [5.41, 5.74) is 2.09. The van der Waals surface area contributed by atoms with Crippen molar-refractivity contribution in [2.24, 2.45) is 0 Å². The number of furan rings is 1. The van der Waals surface area contributed by atoms with Gasteiger partial charge in [0.2, 0.25) is 5.09 Å². The number of amides is 1. The van der Waals surface area contributed by atoms with Gasteiger partial charge in [-0.05, 0) is 24.6 Å². The lowest BCUT2D eigenvalue weighted by Gasteiger charge is -2.24. The zero-order valence-electron chi connectivity index (χ0n) is 13.9. The van der Waals surface area contributed by atoms with Crippen LogP contribution < -0.4 is 5.32 Å². The Bertz CT molecular complexity index is 836. The fourth-order valence-corrected chi connectivity index (χ4v) is 3.79. The first-order chi connectivity index (χ1) is 12.0. The van der Waals surface area contributed by atoms with Gasteiger partial charge in [-0.3, -0.25) is 4.79 Å². The third kappa shape index (κ3) is 4.09. The van der Waals surface area contributed by atoms with Crippen LogP contribution in [0.5, 0.6) is 0 Å². The van der Waals surface area contributed by atoms with Crippen molar-refractivity contribution in [1.82, 2.24) is 9.62 Å². The number of carbonyl (C=O) groups is 1. The minimum atomic E-state index is -3.74. The normalized spacial score (nSPS) is 15.9. The maximum Gasteiger partial charge on any atom is 0.287 e. The second-order valence-corrected chi connectivity index (χ2v) is 7.67. The number of nitrogens with zero attached hydrogens (tertiary/aromatic N) is 1. The van der Waals surface area contributed by atoms with Crippen molar-refractivity contribution in [2.75, 3.05) is 26.3 Å². The molecule has 0 bridgehead atoms. The minimum Gasteiger partial charge on any atom is -0.438 e. The van der Waals surface area contributed by atoms with Gasteiger partial charge >= 0.3 is 0 Å². The Hall–Kier alpha value is -2.16. The van der Waals surface area contributed by atoms with E-state index in [-0.39, 0.29) is 23.9 Å². The molecule has 0 radical (unpaired) electrons. The molecule has 8 heteroatoms. The summed E-state index contributed by atoms with van der Waals surface area (Å²) in [5, 5.41) is 2.49. The summed E-state index contributed by atoms with van der Waals surface area (Å²) in [6.07, 6.45) is 0. The lowest BCUT2D eigenvalue weighted by atomic mass is 10.1. The topological polar surface area (TPSA) is 88.9 Å². The van der Waals surface area contributed by atoms with Gasteiger partial charge in [0.25, 0.3) is 15.9 Å². The molecule has 1 aliphatic rings. The molecule has 0 aliphatic carbocycles. The van der Waals surface area contributed by atoms with Gasteiger partial charge in [-0.1, -0.05) is 29.8 Å². The van der Waals surface area contributed by atoms with E-state index in [0.717, 1.165) is 11.1 Å². The first kappa shape index (κ1) is 17.7. The molecule has 7 nitrogen and oxygen atoms in total. The molecule has 1 amide bonds. The van der Waals surface area contributed by atoms with E-state index in [1.165, 1.54) is 16.4 Å². The van der Waals surface area contributed by atoms with Crippen LogP contribution in [-0.4, -0.2) is 44.9 Å². The molecule has 2 heterocycles. The number of sulfonamides is 1. The fourth-order valence-electron chi connectivity index (χ4n) is 2.47. The van der Waals surface area contributed by atoms with Crippen molar-refractivity contribution in [3.05, 3.63) is 53.3 Å². The van der Waals surface area contributed by atoms with Crippen molar-refractivity contribution < 1.29 is 22.4 Å². The number of ether oxygens (including phenoxy) is 1. The van der Waals surface area contributed by atoms with Gasteiger partial charge in [-0.15, -0.1) is 0 Å². The van der Waals surface area contributed by atoms with E-state index in [9.17, 15) is 13.2 Å². The van der Waals surface area contributed by atoms with Gasteiger partial charge < -0.3 is 14.5 Å². The van der Waals surface area contributed by atoms with Crippen LogP contribution in [0.3, 0.4) is 0 Å². The monoisotopic (exact) mass is 364 g/mol. The van der Waals surface area contributed by atoms with Crippen molar-refractivity contribution in [1.29, 1.82) is 0 Å². The Balaban J connectivity index is 1.65. The van der Waals surface area contributed by atoms with Crippen molar-refractivity contribution >= 4 is 15.9 Å². The summed E-state index contributed by atoms with van der Waals surface area (Å²) in [5.74, 6) is -0.483. The van der Waals surface area contributed by atoms with Crippen LogP contribution in [-0.2, 0) is 21.3 Å². The van der Waals surface area contributed by atoms with E-state index in [0.29, 0.717) is 19.8 Å². The number of carbonyl (C=O) groups excluding carboxylic acids is 1. The zero-order valence-corrected chi connectivity index (χ0v) is 14.7. The highest BCUT2D eigenvalue weighted by molar-refractivity contribution is 7.89. The molecule has 134 valence electrons. The Morgan fingerprint density at radius 1 is 1.12 bits per heavy atom. The molecule has 0 spiro atoms. The van der Waals surface area contributed by atoms with Gasteiger partial charge in [0.1, 0.15) is 0 Å². The second-order valence-electron chi connectivity index (χ2n) is 5.80. The van der Waals surface area contributed by atoms with Crippen molar-refractivity contribution in [2.45, 2.75) is 18.6 Å². The average molecular weight is 364 g/mol. The second kappa shape index (κ2) is 7.38. The van der Waals surface area contributed by atoms with Crippen LogP contribution in [0.1, 0.15) is 21.7 Å². The Labute approximate surface area is 146 Å². The Morgan fingerprint density at radius 3 is 2.48 bits per heavy atom. The highest BCUT2D eigenvalue weighted by Gasteiger charge is 2.29. The molecule has 1 fully saturated rings. The molecule has 0 unspecified atom stereocenters. The molecule has 25 heavy (non-hydrogen) atoms. The first-order valence-corrected chi connectivity index (χ1v) is 9.42. The molecule has 1 aromatic heterocycles. The SMILES string of the molecule is Cc1ccc(CNC(=O)c2ccc(S(=O)(=O)N3CCOCC3)o2)cc1. The van der Waals surface area contributed by atoms with Gasteiger partial charge in [0.15, 0.2) is 5.76 Å². The molecule has 1 N–H and O–H groups in total. The van der Waals surface area contributed by atoms with Gasteiger partial charge in [-0.25, -0.2) is 8.42 Å². The largest absolute Gasteiger partial charge is 0.438 e. The van der Waals surface area contributed by atoms with Crippen LogP contribution in [0.4, 0.5) is 0 Å². The van der Waals surface area contributed by atoms with Gasteiger partial charge in [0.05, 0.1) is 13.2 Å². The molecule has 0 saturated carbocycles. The maximum absolute atomic E-state index is 12.5. The molecular weight excluding hydrogens is 344 g/mol. The quantitative estimate of drug-likeness (QED) is 0.869. The molecule has 0 atom stereocenters. The Kier molecular flexibility index (Phi) is 5.22. The summed E-state index contributed by atoms with van der Waals surface area (Å²) in [4.78, 5) is 12.2. The number of nitrogens with one attached hydrogen (secondary N) is 1. The van der Waals surface area contributed by atoms with Crippen LogP contribution in [0, 0.1) is 6.92 Å². The van der Waals surface area contributed by atoms with Crippen LogP contribution in [0.2, 0.25) is 0 Å². The van der Waals surface area contributed by atoms with Crippen molar-refractivity contribution in [3.8, 4) is 0 Å². The highest BCUT2D eigenvalue weighted by atomic mass is 32.2. The third-order valence-corrected chi connectivity index (χ3v) is 5.72. The fraction of sp³-hybridized carbons (Fsp3) is 0.353. The summed E-state index contributed by atoms with van der Waals surface area (Å²) in [6, 6.07) is 10.4. The van der Waals surface area contributed by atoms with Crippen LogP contribution >= 0.6 is 0 Å². The first-order valence-electron chi connectivity index (χ1n) is 7.98. The van der Waals surface area contributed by atoms with E-state index >= 15 is 0 Å². The number of morpholine rings is 1. The molecule has 1 aliphatic heterocycles. The van der Waals surface area contributed by atoms with Gasteiger partial charge in [-0.2, -0.15) is 4.31 Å². The number of benzene rings is 1. The molecular formula is C17H20N2O5S. The number of aryl methyl sites for hydroxylation is 1. The molecule has 3 rings (SSSR count). The van der Waals surface area contributed by atoms with E-state index in [4.69, 9.17) is 9.15 Å². The summed E-state index contributed by atoms with van der Waals surface area (Å²) in [7, 11) is -3.74. The Morgan fingerprint density at radius 2 is 1.80 bits per heavy atom. The zero-order chi connectivity index (χ0) is 17.9. The molecule has 1 saturated heterocycles. The average Bonchev–Trinajstić information content (AvgIpc) is 3.13. The number of hydrogen-bond donors (Lipinski definition) is 1. The predicted octanol–water partition coefficient (Wildman–Crippen LogP) is 1.54. The van der Waals surface area contributed by atoms with Crippen LogP contribution in [0.25, 0.3) is 0 Å². The smallest absolute Gasteiger partial charge is 0.287 e. The van der Waals surface area contributed by atoms with E-state index < -0.39 is 15.9 Å². The van der Waals surface area contributed by atoms with E-state index in [1.807, 2.05) is 31.2 Å². The lowest BCUT2D eigenvalue weighted by Crippen LogP contribution is -2.40. The molecule has 1 aromatic carbocycles. The standard InChI is InChI=1S/C17H20N2O5S/c1-13-2-4-14(5-3-13)12-18-17(20)15-6-7-16(24-15)25(21,22)19-8-10-23-11-9-19/h2-7H,8-12H2,1H3,(H,18,20). The maximum atomic E-state index is 12.5. The third-order valence-electron chi connectivity index (χ3n) is 3.94. The van der Waals surface area contributed by atoms with Crippen molar-refractivity contribution in [3.63, 3.8) is 0 Å². The van der Waals surface area contributed by atoms with E-state index in [2.05, 4.69) is 5.32 Å². The summed E-state index contributed by atoms with van der Waals surface area (Å²) in [6.45, 7) is 3.58. The minimum absolute atomic E-state index is 0.0288. The molecule has 2 aromatic rings. The summed E-state index contributed by atoms with van der Waals surface area (Å²) >= 11 is 0. The number of hydrogen-bond acceptors (Lipinski definition) is 5. The highest BCUT2D eigenvalue weighted by Crippen LogP contribution is 2.20.